The normalized spacial score (nSPS) is 10.7. The molecule has 100 valence electrons. The molecule has 2 aromatic rings. The standard InChI is InChI=1S/C11H9BrClN3O2S/c1-16-10(6-2-3-8(13)7(12)4-6)14-15-11(16)19-5-9(17)18/h2-4H,5H2,1H3,(H,17,18). The highest BCUT2D eigenvalue weighted by Crippen LogP contribution is 2.29. The van der Waals surface area contributed by atoms with Crippen LogP contribution in [0.5, 0.6) is 0 Å². The smallest absolute Gasteiger partial charge is 0.313 e. The number of carbonyl (C=O) groups is 1. The first kappa shape index (κ1) is 14.4. The minimum Gasteiger partial charge on any atom is -0.481 e. The number of aliphatic carboxylic acids is 1. The fraction of sp³-hybridized carbons (Fsp3) is 0.182. The minimum absolute atomic E-state index is 0.0454. The Hall–Kier alpha value is -1.05. The highest BCUT2D eigenvalue weighted by atomic mass is 79.9. The summed E-state index contributed by atoms with van der Waals surface area (Å²) in [6.45, 7) is 0. The number of aromatic nitrogens is 3. The second-order valence-electron chi connectivity index (χ2n) is 3.68. The quantitative estimate of drug-likeness (QED) is 0.847. The van der Waals surface area contributed by atoms with E-state index in [-0.39, 0.29) is 5.75 Å². The van der Waals surface area contributed by atoms with Crippen molar-refractivity contribution in [2.24, 2.45) is 7.05 Å². The molecule has 0 aliphatic rings. The Bertz CT molecular complexity index is 632. The lowest BCUT2D eigenvalue weighted by atomic mass is 10.2. The van der Waals surface area contributed by atoms with Crippen molar-refractivity contribution in [2.75, 3.05) is 5.75 Å². The fourth-order valence-corrected chi connectivity index (χ4v) is 2.58. The Morgan fingerprint density at radius 1 is 1.53 bits per heavy atom. The van der Waals surface area contributed by atoms with Crippen LogP contribution < -0.4 is 0 Å². The van der Waals surface area contributed by atoms with Crippen molar-refractivity contribution in [1.29, 1.82) is 0 Å². The van der Waals surface area contributed by atoms with Gasteiger partial charge in [0.15, 0.2) is 11.0 Å². The zero-order chi connectivity index (χ0) is 14.0. The first-order chi connectivity index (χ1) is 8.99. The van der Waals surface area contributed by atoms with E-state index in [9.17, 15) is 4.79 Å². The second-order valence-corrected chi connectivity index (χ2v) is 5.88. The molecule has 1 N–H and O–H groups in total. The first-order valence-corrected chi connectivity index (χ1v) is 7.34. The molecular weight excluding hydrogens is 354 g/mol. The predicted octanol–water partition coefficient (Wildman–Crippen LogP) is 3.07. The highest BCUT2D eigenvalue weighted by molar-refractivity contribution is 9.10. The third-order valence-corrected chi connectivity index (χ3v) is 4.56. The first-order valence-electron chi connectivity index (χ1n) is 5.18. The molecular formula is C11H9BrClN3O2S. The maximum atomic E-state index is 10.5. The van der Waals surface area contributed by atoms with Crippen molar-refractivity contribution < 1.29 is 9.90 Å². The number of hydrogen-bond acceptors (Lipinski definition) is 4. The molecule has 5 nitrogen and oxygen atoms in total. The average molecular weight is 363 g/mol. The predicted molar refractivity (Wildman–Crippen MR) is 77.5 cm³/mol. The summed E-state index contributed by atoms with van der Waals surface area (Å²) in [5.74, 6) is -0.273. The molecule has 19 heavy (non-hydrogen) atoms. The maximum Gasteiger partial charge on any atom is 0.313 e. The molecule has 2 rings (SSSR count). The van der Waals surface area contributed by atoms with Gasteiger partial charge < -0.3 is 9.67 Å². The van der Waals surface area contributed by atoms with Crippen LogP contribution in [-0.4, -0.2) is 31.6 Å². The van der Waals surface area contributed by atoms with Crippen LogP contribution in [0.15, 0.2) is 27.8 Å². The monoisotopic (exact) mass is 361 g/mol. The number of hydrogen-bond donors (Lipinski definition) is 1. The van der Waals surface area contributed by atoms with Crippen LogP contribution in [0.1, 0.15) is 0 Å². The van der Waals surface area contributed by atoms with Gasteiger partial charge in [-0.25, -0.2) is 0 Å². The summed E-state index contributed by atoms with van der Waals surface area (Å²) in [5, 5.41) is 17.9. The van der Waals surface area contributed by atoms with Crippen LogP contribution in [0.25, 0.3) is 11.4 Å². The number of halogens is 2. The van der Waals surface area contributed by atoms with E-state index in [1.54, 1.807) is 17.7 Å². The average Bonchev–Trinajstić information content (AvgIpc) is 2.72. The molecule has 1 heterocycles. The summed E-state index contributed by atoms with van der Waals surface area (Å²) < 4.78 is 2.53. The van der Waals surface area contributed by atoms with E-state index in [0.717, 1.165) is 21.8 Å². The Balaban J connectivity index is 2.30. The molecule has 0 atom stereocenters. The van der Waals surface area contributed by atoms with E-state index < -0.39 is 5.97 Å². The lowest BCUT2D eigenvalue weighted by Crippen LogP contribution is -2.01. The molecule has 0 amide bonds. The van der Waals surface area contributed by atoms with Crippen LogP contribution in [0, 0.1) is 0 Å². The van der Waals surface area contributed by atoms with Gasteiger partial charge in [-0.15, -0.1) is 10.2 Å². The van der Waals surface area contributed by atoms with Crippen LogP contribution in [0.3, 0.4) is 0 Å². The van der Waals surface area contributed by atoms with Crippen LogP contribution in [0.2, 0.25) is 5.02 Å². The zero-order valence-electron chi connectivity index (χ0n) is 9.80. The Morgan fingerprint density at radius 3 is 2.89 bits per heavy atom. The molecule has 1 aromatic carbocycles. The van der Waals surface area contributed by atoms with Gasteiger partial charge >= 0.3 is 5.97 Å². The van der Waals surface area contributed by atoms with Gasteiger partial charge in [0.25, 0.3) is 0 Å². The van der Waals surface area contributed by atoms with Gasteiger partial charge in [0.1, 0.15) is 0 Å². The van der Waals surface area contributed by atoms with Crippen molar-refractivity contribution >= 4 is 45.3 Å². The summed E-state index contributed by atoms with van der Waals surface area (Å²) in [5.41, 5.74) is 0.855. The third-order valence-electron chi connectivity index (χ3n) is 2.34. The topological polar surface area (TPSA) is 68.0 Å². The van der Waals surface area contributed by atoms with E-state index in [2.05, 4.69) is 26.1 Å². The van der Waals surface area contributed by atoms with Crippen molar-refractivity contribution in [2.45, 2.75) is 5.16 Å². The Morgan fingerprint density at radius 2 is 2.26 bits per heavy atom. The molecule has 0 unspecified atom stereocenters. The van der Waals surface area contributed by atoms with Crippen molar-refractivity contribution in [3.05, 3.63) is 27.7 Å². The lowest BCUT2D eigenvalue weighted by molar-refractivity contribution is -0.133. The van der Waals surface area contributed by atoms with Gasteiger partial charge in [-0.2, -0.15) is 0 Å². The van der Waals surface area contributed by atoms with Crippen LogP contribution in [-0.2, 0) is 11.8 Å². The van der Waals surface area contributed by atoms with Gasteiger partial charge in [0, 0.05) is 17.1 Å². The maximum absolute atomic E-state index is 10.5. The second kappa shape index (κ2) is 5.94. The number of benzene rings is 1. The Kier molecular flexibility index (Phi) is 4.49. The van der Waals surface area contributed by atoms with Gasteiger partial charge in [0.05, 0.1) is 10.8 Å². The summed E-state index contributed by atoms with van der Waals surface area (Å²) in [4.78, 5) is 10.5. The fourth-order valence-electron chi connectivity index (χ4n) is 1.45. The molecule has 0 aliphatic heterocycles. The molecule has 0 radical (unpaired) electrons. The minimum atomic E-state index is -0.885. The van der Waals surface area contributed by atoms with Crippen LogP contribution in [0.4, 0.5) is 0 Å². The Labute approximate surface area is 127 Å². The van der Waals surface area contributed by atoms with E-state index in [0.29, 0.717) is 16.0 Å². The van der Waals surface area contributed by atoms with E-state index in [1.807, 2.05) is 12.1 Å². The summed E-state index contributed by atoms with van der Waals surface area (Å²) >= 11 is 10.4. The summed E-state index contributed by atoms with van der Waals surface area (Å²) in [6, 6.07) is 5.44. The van der Waals surface area contributed by atoms with Crippen molar-refractivity contribution in [3.63, 3.8) is 0 Å². The molecule has 0 bridgehead atoms. The van der Waals surface area contributed by atoms with E-state index >= 15 is 0 Å². The number of carboxylic acid groups (broad SMARTS) is 1. The van der Waals surface area contributed by atoms with Crippen molar-refractivity contribution in [3.8, 4) is 11.4 Å². The number of nitrogens with zero attached hydrogens (tertiary/aromatic N) is 3. The van der Waals surface area contributed by atoms with Gasteiger partial charge in [0.2, 0.25) is 0 Å². The molecule has 1 aromatic heterocycles. The van der Waals surface area contributed by atoms with Crippen molar-refractivity contribution in [1.82, 2.24) is 14.8 Å². The van der Waals surface area contributed by atoms with E-state index in [4.69, 9.17) is 16.7 Å². The van der Waals surface area contributed by atoms with Gasteiger partial charge in [-0.05, 0) is 34.1 Å². The number of thioether (sulfide) groups is 1. The number of rotatable bonds is 4. The third kappa shape index (κ3) is 3.29. The highest BCUT2D eigenvalue weighted by Gasteiger charge is 2.13. The molecule has 8 heteroatoms. The SMILES string of the molecule is Cn1c(SCC(=O)O)nnc1-c1ccc(Cl)c(Br)c1. The zero-order valence-corrected chi connectivity index (χ0v) is 13.0. The molecule has 0 fully saturated rings. The van der Waals surface area contributed by atoms with Gasteiger partial charge in [-0.1, -0.05) is 23.4 Å². The summed E-state index contributed by atoms with van der Waals surface area (Å²) in [6.07, 6.45) is 0. The lowest BCUT2D eigenvalue weighted by Gasteiger charge is -2.04. The number of carboxylic acids is 1. The molecule has 0 saturated carbocycles. The van der Waals surface area contributed by atoms with E-state index in [1.165, 1.54) is 0 Å². The summed E-state index contributed by atoms with van der Waals surface area (Å²) in [7, 11) is 1.79. The molecule has 0 saturated heterocycles. The molecule has 0 spiro atoms. The molecule has 0 aliphatic carbocycles. The van der Waals surface area contributed by atoms with Gasteiger partial charge in [-0.3, -0.25) is 4.79 Å². The largest absolute Gasteiger partial charge is 0.481 e. The van der Waals surface area contributed by atoms with Crippen LogP contribution >= 0.6 is 39.3 Å².